The number of esters is 2. The van der Waals surface area contributed by atoms with Crippen LogP contribution in [0.3, 0.4) is 0 Å². The first-order valence-corrected chi connectivity index (χ1v) is 10.8. The van der Waals surface area contributed by atoms with Gasteiger partial charge in [0.1, 0.15) is 12.5 Å². The number of rotatable bonds is 5. The zero-order valence-electron chi connectivity index (χ0n) is 16.2. The number of ketones is 1. The highest BCUT2D eigenvalue weighted by molar-refractivity contribution is 7.98. The summed E-state index contributed by atoms with van der Waals surface area (Å²) in [6.45, 7) is 0.0993. The molecule has 30 heavy (non-hydrogen) atoms. The van der Waals surface area contributed by atoms with Crippen molar-refractivity contribution in [1.82, 2.24) is 0 Å². The zero-order chi connectivity index (χ0) is 21.3. The predicted molar refractivity (Wildman–Crippen MR) is 113 cm³/mol. The number of Topliss-reactive ketones (excluding diaryl/α,β-unsaturated/α-hetero) is 1. The summed E-state index contributed by atoms with van der Waals surface area (Å²) in [7, 11) is 1.25. The Kier molecular flexibility index (Phi) is 5.97. The molecule has 0 spiro atoms. The van der Waals surface area contributed by atoms with Crippen LogP contribution in [0, 0.1) is 5.92 Å². The summed E-state index contributed by atoms with van der Waals surface area (Å²) in [6, 6.07) is 15.1. The van der Waals surface area contributed by atoms with Gasteiger partial charge in [-0.3, -0.25) is 9.59 Å². The lowest BCUT2D eigenvalue weighted by Crippen LogP contribution is -2.37. The van der Waals surface area contributed by atoms with Crippen molar-refractivity contribution in [3.63, 3.8) is 0 Å². The third kappa shape index (κ3) is 3.89. The maximum atomic E-state index is 12.8. The van der Waals surface area contributed by atoms with Gasteiger partial charge in [0.25, 0.3) is 0 Å². The number of hydrogen-bond donors (Lipinski definition) is 0. The molecule has 2 aromatic carbocycles. The van der Waals surface area contributed by atoms with E-state index in [9.17, 15) is 14.4 Å². The second-order valence-corrected chi connectivity index (χ2v) is 8.62. The van der Waals surface area contributed by atoms with E-state index in [2.05, 4.69) is 0 Å². The molecule has 0 fully saturated rings. The number of carbonyl (C=O) groups is 3. The third-order valence-electron chi connectivity index (χ3n) is 5.35. The van der Waals surface area contributed by atoms with Crippen LogP contribution in [0.4, 0.5) is 0 Å². The van der Waals surface area contributed by atoms with Gasteiger partial charge >= 0.3 is 11.9 Å². The molecule has 7 heteroatoms. The van der Waals surface area contributed by atoms with Gasteiger partial charge < -0.3 is 9.47 Å². The van der Waals surface area contributed by atoms with Crippen LogP contribution in [-0.4, -0.2) is 31.4 Å². The molecule has 2 unspecified atom stereocenters. The monoisotopic (exact) mass is 442 g/mol. The van der Waals surface area contributed by atoms with Crippen molar-refractivity contribution in [1.29, 1.82) is 0 Å². The second-order valence-electron chi connectivity index (χ2n) is 7.17. The maximum Gasteiger partial charge on any atom is 0.335 e. The first kappa shape index (κ1) is 20.7. The average molecular weight is 443 g/mol. The number of hydrogen-bond acceptors (Lipinski definition) is 6. The fourth-order valence-corrected chi connectivity index (χ4v) is 5.26. The second kappa shape index (κ2) is 8.66. The Morgan fingerprint density at radius 2 is 2.00 bits per heavy atom. The normalized spacial score (nSPS) is 20.7. The van der Waals surface area contributed by atoms with Crippen LogP contribution in [0.1, 0.15) is 23.5 Å². The van der Waals surface area contributed by atoms with E-state index in [-0.39, 0.29) is 18.8 Å². The Labute approximate surface area is 183 Å². The topological polar surface area (TPSA) is 69.7 Å². The van der Waals surface area contributed by atoms with Crippen molar-refractivity contribution < 1.29 is 23.9 Å². The smallest absolute Gasteiger partial charge is 0.335 e. The molecule has 5 nitrogen and oxygen atoms in total. The van der Waals surface area contributed by atoms with Crippen LogP contribution in [0.15, 0.2) is 64.6 Å². The van der Waals surface area contributed by atoms with Gasteiger partial charge in [0.2, 0.25) is 0 Å². The van der Waals surface area contributed by atoms with Gasteiger partial charge in [0.15, 0.2) is 5.78 Å². The molecule has 2 atom stereocenters. The van der Waals surface area contributed by atoms with Gasteiger partial charge in [-0.2, -0.15) is 0 Å². The SMILES string of the molecule is COC(=O)C1C(=O)CC2=C(C(=O)OC2)C1c1ccccc1SCc1cccc(Cl)c1. The van der Waals surface area contributed by atoms with Crippen LogP contribution in [0.2, 0.25) is 5.02 Å². The molecule has 0 saturated heterocycles. The number of ether oxygens (including phenoxy) is 2. The molecule has 1 aliphatic heterocycles. The molecule has 2 aliphatic rings. The number of halogens is 1. The number of thioether (sulfide) groups is 1. The molecule has 4 rings (SSSR count). The van der Waals surface area contributed by atoms with E-state index in [4.69, 9.17) is 21.1 Å². The van der Waals surface area contributed by atoms with E-state index in [1.807, 2.05) is 48.5 Å². The van der Waals surface area contributed by atoms with Crippen molar-refractivity contribution in [2.24, 2.45) is 5.92 Å². The van der Waals surface area contributed by atoms with Crippen molar-refractivity contribution in [3.8, 4) is 0 Å². The van der Waals surface area contributed by atoms with Gasteiger partial charge in [0, 0.05) is 33.6 Å². The number of benzene rings is 2. The van der Waals surface area contributed by atoms with Crippen LogP contribution in [-0.2, 0) is 29.6 Å². The van der Waals surface area contributed by atoms with Crippen LogP contribution in [0.5, 0.6) is 0 Å². The minimum atomic E-state index is -1.06. The van der Waals surface area contributed by atoms with Gasteiger partial charge in [-0.15, -0.1) is 11.8 Å². The molecule has 0 N–H and O–H groups in total. The van der Waals surface area contributed by atoms with E-state index in [1.54, 1.807) is 11.8 Å². The lowest BCUT2D eigenvalue weighted by Gasteiger charge is -2.30. The molecular formula is C23H19ClO5S. The minimum absolute atomic E-state index is 0.0369. The molecule has 2 aromatic rings. The molecule has 0 amide bonds. The largest absolute Gasteiger partial charge is 0.468 e. The summed E-state index contributed by atoms with van der Waals surface area (Å²) in [6.07, 6.45) is 0.0369. The fourth-order valence-electron chi connectivity index (χ4n) is 4.00. The van der Waals surface area contributed by atoms with Crippen molar-refractivity contribution in [2.45, 2.75) is 23.0 Å². The number of carbonyl (C=O) groups excluding carboxylic acids is 3. The molecule has 1 heterocycles. The Bertz CT molecular complexity index is 1060. The Morgan fingerprint density at radius 3 is 2.77 bits per heavy atom. The van der Waals surface area contributed by atoms with Crippen molar-refractivity contribution in [3.05, 3.63) is 75.8 Å². The van der Waals surface area contributed by atoms with Gasteiger partial charge in [-0.1, -0.05) is 41.9 Å². The molecule has 0 bridgehead atoms. The third-order valence-corrected chi connectivity index (χ3v) is 6.75. The number of cyclic esters (lactones) is 1. The van der Waals surface area contributed by atoms with E-state index < -0.39 is 23.8 Å². The van der Waals surface area contributed by atoms with E-state index in [0.29, 0.717) is 21.9 Å². The molecule has 0 aromatic heterocycles. The van der Waals surface area contributed by atoms with Crippen molar-refractivity contribution in [2.75, 3.05) is 13.7 Å². The summed E-state index contributed by atoms with van der Waals surface area (Å²) in [5.74, 6) is -2.48. The predicted octanol–water partition coefficient (Wildman–Crippen LogP) is 4.33. The molecule has 154 valence electrons. The summed E-state index contributed by atoms with van der Waals surface area (Å²) in [5, 5.41) is 0.661. The summed E-state index contributed by atoms with van der Waals surface area (Å²) in [5.41, 5.74) is 2.87. The zero-order valence-corrected chi connectivity index (χ0v) is 17.8. The lowest BCUT2D eigenvalue weighted by atomic mass is 9.71. The first-order chi connectivity index (χ1) is 14.5. The minimum Gasteiger partial charge on any atom is -0.468 e. The Hall–Kier alpha value is -2.57. The van der Waals surface area contributed by atoms with Crippen LogP contribution in [0.25, 0.3) is 0 Å². The van der Waals surface area contributed by atoms with Crippen molar-refractivity contribution >= 4 is 41.1 Å². The van der Waals surface area contributed by atoms with E-state index >= 15 is 0 Å². The molecular weight excluding hydrogens is 424 g/mol. The highest BCUT2D eigenvalue weighted by Crippen LogP contribution is 2.46. The standard InChI is InChI=1S/C23H19ClO5S/c1-28-22(26)21-17(25)10-14-11-29-23(27)19(14)20(21)16-7-2-3-8-18(16)30-12-13-5-4-6-15(24)9-13/h2-9,20-21H,10-12H2,1H3. The average Bonchev–Trinajstić information content (AvgIpc) is 3.11. The molecule has 0 radical (unpaired) electrons. The molecule has 0 saturated carbocycles. The van der Waals surface area contributed by atoms with E-state index in [1.165, 1.54) is 7.11 Å². The summed E-state index contributed by atoms with van der Waals surface area (Å²) < 4.78 is 10.1. The van der Waals surface area contributed by atoms with E-state index in [0.717, 1.165) is 16.0 Å². The Balaban J connectivity index is 1.75. The fraction of sp³-hybridized carbons (Fsp3) is 0.261. The highest BCUT2D eigenvalue weighted by atomic mass is 35.5. The summed E-state index contributed by atoms with van der Waals surface area (Å²) in [4.78, 5) is 38.8. The van der Waals surface area contributed by atoms with Crippen LogP contribution >= 0.6 is 23.4 Å². The Morgan fingerprint density at radius 1 is 1.20 bits per heavy atom. The highest BCUT2D eigenvalue weighted by Gasteiger charge is 2.48. The van der Waals surface area contributed by atoms with Gasteiger partial charge in [-0.05, 0) is 34.9 Å². The maximum absolute atomic E-state index is 12.8. The van der Waals surface area contributed by atoms with Gasteiger partial charge in [0.05, 0.1) is 7.11 Å². The number of methoxy groups -OCH3 is 1. The lowest BCUT2D eigenvalue weighted by molar-refractivity contribution is -0.150. The molecule has 1 aliphatic carbocycles. The van der Waals surface area contributed by atoms with Gasteiger partial charge in [-0.25, -0.2) is 4.79 Å². The van der Waals surface area contributed by atoms with Crippen LogP contribution < -0.4 is 0 Å². The summed E-state index contributed by atoms with van der Waals surface area (Å²) >= 11 is 7.65. The first-order valence-electron chi connectivity index (χ1n) is 9.45. The quantitative estimate of drug-likeness (QED) is 0.390.